The Bertz CT molecular complexity index is 1320. The topological polar surface area (TPSA) is 89.6 Å². The average Bonchev–Trinajstić information content (AvgIpc) is 3.27. The number of para-hydroxylation sites is 1. The van der Waals surface area contributed by atoms with Crippen molar-refractivity contribution in [2.45, 2.75) is 6.54 Å². The lowest BCUT2D eigenvalue weighted by Crippen LogP contribution is -2.04. The van der Waals surface area contributed by atoms with Crippen molar-refractivity contribution in [3.8, 4) is 22.8 Å². The van der Waals surface area contributed by atoms with E-state index in [4.69, 9.17) is 21.1 Å². The molecule has 0 unspecified atom stereocenters. The van der Waals surface area contributed by atoms with Gasteiger partial charge in [0.15, 0.2) is 5.82 Å². The summed E-state index contributed by atoms with van der Waals surface area (Å²) in [5.74, 6) is 2.23. The number of nitrogens with one attached hydrogen (secondary N) is 1. The van der Waals surface area contributed by atoms with E-state index in [0.717, 1.165) is 22.0 Å². The summed E-state index contributed by atoms with van der Waals surface area (Å²) in [6.45, 7) is 0.324. The van der Waals surface area contributed by atoms with Gasteiger partial charge in [-0.05, 0) is 36.4 Å². The van der Waals surface area contributed by atoms with Gasteiger partial charge in [0.05, 0.1) is 12.1 Å². The molecule has 0 fully saturated rings. The average molecular weight is 415 g/mol. The van der Waals surface area contributed by atoms with Gasteiger partial charge >= 0.3 is 0 Å². The van der Waals surface area contributed by atoms with Gasteiger partial charge in [-0.2, -0.15) is 4.98 Å². The minimum atomic E-state index is 0.324. The fourth-order valence-electron chi connectivity index (χ4n) is 3.07. The number of benzene rings is 2. The minimum Gasteiger partial charge on any atom is -0.360 e. The van der Waals surface area contributed by atoms with Crippen molar-refractivity contribution in [3.63, 3.8) is 0 Å². The quantitative estimate of drug-likeness (QED) is 0.432. The molecule has 30 heavy (non-hydrogen) atoms. The molecule has 3 aromatic heterocycles. The molecule has 5 aromatic rings. The molecule has 7 nitrogen and oxygen atoms in total. The highest BCUT2D eigenvalue weighted by atomic mass is 35.5. The lowest BCUT2D eigenvalue weighted by Gasteiger charge is -2.09. The maximum absolute atomic E-state index is 6.05. The van der Waals surface area contributed by atoms with Gasteiger partial charge in [-0.25, -0.2) is 9.97 Å². The Kier molecular flexibility index (Phi) is 4.78. The standard InChI is InChI=1S/C22H15ClN6O/c23-16-5-3-4-15(12-16)21-27-19(30-29-21)13-25-22-17-6-1-2-7-18(17)26-20(28-22)14-8-10-24-11-9-14/h1-12H,13H2,(H,25,26,28). The van der Waals surface area contributed by atoms with Gasteiger partial charge in [0.25, 0.3) is 0 Å². The molecule has 0 spiro atoms. The molecule has 0 bridgehead atoms. The van der Waals surface area contributed by atoms with Crippen LogP contribution in [0.3, 0.4) is 0 Å². The normalized spacial score (nSPS) is 11.0. The number of hydrogen-bond acceptors (Lipinski definition) is 7. The highest BCUT2D eigenvalue weighted by Crippen LogP contribution is 2.25. The summed E-state index contributed by atoms with van der Waals surface area (Å²) in [5.41, 5.74) is 2.52. The fourth-order valence-corrected chi connectivity index (χ4v) is 3.26. The zero-order valence-corrected chi connectivity index (χ0v) is 16.4. The van der Waals surface area contributed by atoms with E-state index < -0.39 is 0 Å². The van der Waals surface area contributed by atoms with E-state index >= 15 is 0 Å². The third-order valence-electron chi connectivity index (χ3n) is 4.50. The first-order chi connectivity index (χ1) is 14.8. The summed E-state index contributed by atoms with van der Waals surface area (Å²) < 4.78 is 5.39. The first-order valence-corrected chi connectivity index (χ1v) is 9.64. The van der Waals surface area contributed by atoms with Crippen LogP contribution in [-0.4, -0.2) is 25.1 Å². The van der Waals surface area contributed by atoms with Crippen molar-refractivity contribution in [3.05, 3.63) is 84.0 Å². The van der Waals surface area contributed by atoms with Crippen molar-refractivity contribution in [1.82, 2.24) is 25.1 Å². The van der Waals surface area contributed by atoms with Crippen LogP contribution in [0.2, 0.25) is 5.02 Å². The molecule has 0 radical (unpaired) electrons. The minimum absolute atomic E-state index is 0.324. The number of rotatable bonds is 5. The fraction of sp³-hybridized carbons (Fsp3) is 0.0455. The lowest BCUT2D eigenvalue weighted by atomic mass is 10.2. The van der Waals surface area contributed by atoms with Crippen LogP contribution in [0.5, 0.6) is 0 Å². The molecule has 0 aliphatic rings. The van der Waals surface area contributed by atoms with Crippen LogP contribution in [0.25, 0.3) is 33.7 Å². The predicted octanol–water partition coefficient (Wildman–Crippen LogP) is 5.01. The van der Waals surface area contributed by atoms with Crippen LogP contribution in [0.1, 0.15) is 5.89 Å². The van der Waals surface area contributed by atoms with E-state index in [2.05, 4.69) is 25.4 Å². The smallest absolute Gasteiger partial charge is 0.246 e. The molecule has 5 rings (SSSR count). The van der Waals surface area contributed by atoms with Crippen LogP contribution in [-0.2, 0) is 6.54 Å². The van der Waals surface area contributed by atoms with Crippen molar-refractivity contribution < 1.29 is 4.52 Å². The van der Waals surface area contributed by atoms with Gasteiger partial charge < -0.3 is 9.84 Å². The van der Waals surface area contributed by atoms with Crippen molar-refractivity contribution in [1.29, 1.82) is 0 Å². The van der Waals surface area contributed by atoms with E-state index in [1.807, 2.05) is 48.5 Å². The monoisotopic (exact) mass is 414 g/mol. The van der Waals surface area contributed by atoms with Crippen molar-refractivity contribution >= 4 is 28.3 Å². The van der Waals surface area contributed by atoms with E-state index in [1.165, 1.54) is 0 Å². The summed E-state index contributed by atoms with van der Waals surface area (Å²) in [6.07, 6.45) is 3.44. The van der Waals surface area contributed by atoms with Gasteiger partial charge in [-0.3, -0.25) is 4.98 Å². The molecule has 1 N–H and O–H groups in total. The second-order valence-corrected chi connectivity index (χ2v) is 6.96. The summed E-state index contributed by atoms with van der Waals surface area (Å²) in [6, 6.07) is 18.9. The molecule has 0 amide bonds. The van der Waals surface area contributed by atoms with E-state index in [-0.39, 0.29) is 0 Å². The van der Waals surface area contributed by atoms with Gasteiger partial charge in [0.2, 0.25) is 11.7 Å². The Morgan fingerprint density at radius 3 is 2.57 bits per heavy atom. The zero-order valence-electron chi connectivity index (χ0n) is 15.7. The van der Waals surface area contributed by atoms with E-state index in [0.29, 0.717) is 34.9 Å². The molecule has 2 aromatic carbocycles. The molecule has 146 valence electrons. The number of hydrogen-bond donors (Lipinski definition) is 1. The van der Waals surface area contributed by atoms with Gasteiger partial charge in [0.1, 0.15) is 5.82 Å². The molecule has 8 heteroatoms. The number of pyridine rings is 1. The Labute approximate surface area is 176 Å². The second kappa shape index (κ2) is 7.88. The Morgan fingerprint density at radius 2 is 1.70 bits per heavy atom. The van der Waals surface area contributed by atoms with Gasteiger partial charge in [0, 0.05) is 33.9 Å². The molecule has 0 aliphatic carbocycles. The summed E-state index contributed by atoms with van der Waals surface area (Å²) in [4.78, 5) is 17.9. The molecule has 0 saturated carbocycles. The van der Waals surface area contributed by atoms with E-state index in [9.17, 15) is 0 Å². The molecule has 0 saturated heterocycles. The number of anilines is 1. The van der Waals surface area contributed by atoms with Crippen LogP contribution < -0.4 is 5.32 Å². The van der Waals surface area contributed by atoms with Crippen LogP contribution in [0.4, 0.5) is 5.82 Å². The van der Waals surface area contributed by atoms with Crippen LogP contribution in [0.15, 0.2) is 77.6 Å². The molecule has 0 atom stereocenters. The molecular weight excluding hydrogens is 400 g/mol. The zero-order chi connectivity index (χ0) is 20.3. The van der Waals surface area contributed by atoms with Gasteiger partial charge in [-0.15, -0.1) is 0 Å². The lowest BCUT2D eigenvalue weighted by molar-refractivity contribution is 0.384. The van der Waals surface area contributed by atoms with Crippen LogP contribution in [0, 0.1) is 0 Å². The summed E-state index contributed by atoms with van der Waals surface area (Å²) in [5, 5.41) is 8.87. The SMILES string of the molecule is Clc1cccc(-c2noc(CNc3nc(-c4ccncc4)nc4ccccc34)n2)c1. The first-order valence-electron chi connectivity index (χ1n) is 9.26. The molecule has 0 aliphatic heterocycles. The first kappa shape index (κ1) is 18.2. The highest BCUT2D eigenvalue weighted by Gasteiger charge is 2.12. The summed E-state index contributed by atoms with van der Waals surface area (Å²) >= 11 is 6.05. The highest BCUT2D eigenvalue weighted by molar-refractivity contribution is 6.30. The van der Waals surface area contributed by atoms with Crippen molar-refractivity contribution in [2.24, 2.45) is 0 Å². The second-order valence-electron chi connectivity index (χ2n) is 6.52. The Hall–Kier alpha value is -3.84. The van der Waals surface area contributed by atoms with E-state index in [1.54, 1.807) is 24.5 Å². The third kappa shape index (κ3) is 3.70. The third-order valence-corrected chi connectivity index (χ3v) is 4.73. The maximum Gasteiger partial charge on any atom is 0.246 e. The molecular formula is C22H15ClN6O. The molecule has 3 heterocycles. The van der Waals surface area contributed by atoms with Crippen LogP contribution >= 0.6 is 11.6 Å². The largest absolute Gasteiger partial charge is 0.360 e. The predicted molar refractivity (Wildman–Crippen MR) is 115 cm³/mol. The number of fused-ring (bicyclic) bond motifs is 1. The maximum atomic E-state index is 6.05. The summed E-state index contributed by atoms with van der Waals surface area (Å²) in [7, 11) is 0. The van der Waals surface area contributed by atoms with Gasteiger partial charge in [-0.1, -0.05) is 41.0 Å². The Balaban J connectivity index is 1.44. The number of aromatic nitrogens is 5. The number of nitrogens with zero attached hydrogens (tertiary/aromatic N) is 5. The Morgan fingerprint density at radius 1 is 0.833 bits per heavy atom. The number of halogens is 1. The van der Waals surface area contributed by atoms with Crippen molar-refractivity contribution in [2.75, 3.05) is 5.32 Å².